The zero-order chi connectivity index (χ0) is 25.2. The number of benzene rings is 2. The molecule has 0 saturated carbocycles. The number of nitrogens with zero attached hydrogens (tertiary/aromatic N) is 4. The molecule has 0 bridgehead atoms. The van der Waals surface area contributed by atoms with Crippen LogP contribution in [-0.4, -0.2) is 47.3 Å². The normalized spacial score (nSPS) is 15.2. The number of hydrogen-bond donors (Lipinski definition) is 1. The van der Waals surface area contributed by atoms with E-state index in [9.17, 15) is 9.59 Å². The number of aryl methyl sites for hydroxylation is 1. The quantitative estimate of drug-likeness (QED) is 0.404. The van der Waals surface area contributed by atoms with Gasteiger partial charge >= 0.3 is 0 Å². The largest absolute Gasteiger partial charge is 0.497 e. The SMILES string of the molecule is COc1cccc(-c2csc(-n3nc(C)cc3NC(=O)C3CC(=O)N(c4ccccc4OC)C3)n2)c1. The summed E-state index contributed by atoms with van der Waals surface area (Å²) in [6.45, 7) is 2.13. The average Bonchev–Trinajstić information content (AvgIpc) is 3.62. The van der Waals surface area contributed by atoms with Crippen LogP contribution in [0.4, 0.5) is 11.5 Å². The van der Waals surface area contributed by atoms with Crippen molar-refractivity contribution in [3.8, 4) is 27.9 Å². The molecule has 0 radical (unpaired) electrons. The highest BCUT2D eigenvalue weighted by Gasteiger charge is 2.36. The van der Waals surface area contributed by atoms with Crippen molar-refractivity contribution in [3.05, 3.63) is 65.7 Å². The molecule has 1 fully saturated rings. The number of rotatable bonds is 7. The van der Waals surface area contributed by atoms with E-state index < -0.39 is 5.92 Å². The van der Waals surface area contributed by atoms with Crippen LogP contribution in [0.5, 0.6) is 11.5 Å². The fourth-order valence-corrected chi connectivity index (χ4v) is 5.00. The third kappa shape index (κ3) is 4.55. The molecule has 3 heterocycles. The van der Waals surface area contributed by atoms with Gasteiger partial charge in [0.2, 0.25) is 16.9 Å². The van der Waals surface area contributed by atoms with Gasteiger partial charge in [-0.1, -0.05) is 24.3 Å². The van der Waals surface area contributed by atoms with E-state index in [2.05, 4.69) is 10.4 Å². The Morgan fingerprint density at radius 3 is 2.75 bits per heavy atom. The van der Waals surface area contributed by atoms with Crippen molar-refractivity contribution >= 4 is 34.7 Å². The van der Waals surface area contributed by atoms with E-state index in [1.165, 1.54) is 11.3 Å². The molecule has 0 aliphatic carbocycles. The third-order valence-corrected chi connectivity index (χ3v) is 6.81. The van der Waals surface area contributed by atoms with Crippen LogP contribution in [-0.2, 0) is 9.59 Å². The maximum atomic E-state index is 13.2. The minimum Gasteiger partial charge on any atom is -0.497 e. The van der Waals surface area contributed by atoms with E-state index in [0.717, 1.165) is 22.7 Å². The summed E-state index contributed by atoms with van der Waals surface area (Å²) in [5.74, 6) is 0.982. The first kappa shape index (κ1) is 23.6. The number of para-hydroxylation sites is 2. The summed E-state index contributed by atoms with van der Waals surface area (Å²) < 4.78 is 12.3. The van der Waals surface area contributed by atoms with Crippen molar-refractivity contribution in [2.24, 2.45) is 5.92 Å². The summed E-state index contributed by atoms with van der Waals surface area (Å²) >= 11 is 1.42. The number of ether oxygens (including phenoxy) is 2. The van der Waals surface area contributed by atoms with Gasteiger partial charge in [-0.05, 0) is 31.2 Å². The lowest BCUT2D eigenvalue weighted by Gasteiger charge is -2.19. The highest BCUT2D eigenvalue weighted by molar-refractivity contribution is 7.12. The molecule has 1 aliphatic rings. The molecule has 2 aromatic heterocycles. The van der Waals surface area contributed by atoms with E-state index in [0.29, 0.717) is 22.4 Å². The molecule has 4 aromatic rings. The smallest absolute Gasteiger partial charge is 0.230 e. The molecule has 1 N–H and O–H groups in total. The lowest BCUT2D eigenvalue weighted by Crippen LogP contribution is -2.28. The van der Waals surface area contributed by atoms with Gasteiger partial charge in [0.15, 0.2) is 0 Å². The third-order valence-electron chi connectivity index (χ3n) is 5.99. The molecule has 2 amide bonds. The molecular formula is C26H25N5O4S. The zero-order valence-electron chi connectivity index (χ0n) is 20.1. The Morgan fingerprint density at radius 1 is 1.11 bits per heavy atom. The van der Waals surface area contributed by atoms with Crippen LogP contribution >= 0.6 is 11.3 Å². The van der Waals surface area contributed by atoms with Gasteiger partial charge in [0.25, 0.3) is 0 Å². The molecule has 1 unspecified atom stereocenters. The van der Waals surface area contributed by atoms with E-state index >= 15 is 0 Å². The fraction of sp³-hybridized carbons (Fsp3) is 0.231. The number of anilines is 2. The van der Waals surface area contributed by atoms with Crippen molar-refractivity contribution in [1.29, 1.82) is 0 Å². The van der Waals surface area contributed by atoms with Crippen LogP contribution < -0.4 is 19.7 Å². The van der Waals surface area contributed by atoms with E-state index in [1.54, 1.807) is 35.9 Å². The highest BCUT2D eigenvalue weighted by Crippen LogP contribution is 2.33. The number of carbonyl (C=O) groups excluding carboxylic acids is 2. The summed E-state index contributed by atoms with van der Waals surface area (Å²) in [5.41, 5.74) is 3.11. The molecule has 36 heavy (non-hydrogen) atoms. The Labute approximate surface area is 212 Å². The second-order valence-corrected chi connectivity index (χ2v) is 9.23. The van der Waals surface area contributed by atoms with Gasteiger partial charge in [0.05, 0.1) is 37.2 Å². The Kier molecular flexibility index (Phi) is 6.43. The fourth-order valence-electron chi connectivity index (χ4n) is 4.21. The molecule has 1 saturated heterocycles. The Bertz CT molecular complexity index is 1430. The van der Waals surface area contributed by atoms with E-state index in [1.807, 2.05) is 54.8 Å². The van der Waals surface area contributed by atoms with Gasteiger partial charge in [-0.25, -0.2) is 4.98 Å². The first-order valence-electron chi connectivity index (χ1n) is 11.4. The second-order valence-electron chi connectivity index (χ2n) is 8.40. The molecule has 0 spiro atoms. The molecule has 1 atom stereocenters. The van der Waals surface area contributed by atoms with Crippen molar-refractivity contribution in [3.63, 3.8) is 0 Å². The summed E-state index contributed by atoms with van der Waals surface area (Å²) in [4.78, 5) is 32.3. The standard InChI is InChI=1S/C26H25N5O4S/c1-16-11-23(31(29-16)26-27-20(15-36-26)17-7-6-8-19(12-17)34-2)28-25(33)18-13-24(32)30(14-18)21-9-4-5-10-22(21)35-3/h4-12,15,18H,13-14H2,1-3H3,(H,28,33). The number of aromatic nitrogens is 3. The van der Waals surface area contributed by atoms with Crippen LogP contribution in [0, 0.1) is 12.8 Å². The van der Waals surface area contributed by atoms with Gasteiger partial charge in [0, 0.05) is 30.0 Å². The molecule has 1 aliphatic heterocycles. The van der Waals surface area contributed by atoms with Gasteiger partial charge in [-0.2, -0.15) is 9.78 Å². The highest BCUT2D eigenvalue weighted by atomic mass is 32.1. The van der Waals surface area contributed by atoms with Crippen LogP contribution in [0.25, 0.3) is 16.4 Å². The van der Waals surface area contributed by atoms with Crippen molar-refractivity contribution in [2.45, 2.75) is 13.3 Å². The van der Waals surface area contributed by atoms with Gasteiger partial charge < -0.3 is 19.7 Å². The maximum Gasteiger partial charge on any atom is 0.230 e. The number of methoxy groups -OCH3 is 2. The van der Waals surface area contributed by atoms with Crippen LogP contribution in [0.3, 0.4) is 0 Å². The number of carbonyl (C=O) groups is 2. The van der Waals surface area contributed by atoms with Crippen LogP contribution in [0.2, 0.25) is 0 Å². The topological polar surface area (TPSA) is 98.6 Å². The van der Waals surface area contributed by atoms with Crippen molar-refractivity contribution < 1.29 is 19.1 Å². The lowest BCUT2D eigenvalue weighted by atomic mass is 10.1. The lowest BCUT2D eigenvalue weighted by molar-refractivity contribution is -0.122. The summed E-state index contributed by atoms with van der Waals surface area (Å²) in [6, 6.07) is 16.8. The minimum absolute atomic E-state index is 0.118. The first-order valence-corrected chi connectivity index (χ1v) is 12.3. The predicted molar refractivity (Wildman–Crippen MR) is 138 cm³/mol. The Balaban J connectivity index is 1.35. The van der Waals surface area contributed by atoms with Gasteiger partial charge in [0.1, 0.15) is 17.3 Å². The first-order chi connectivity index (χ1) is 17.5. The maximum absolute atomic E-state index is 13.2. The van der Waals surface area contributed by atoms with E-state index in [4.69, 9.17) is 14.5 Å². The molecule has 184 valence electrons. The Morgan fingerprint density at radius 2 is 1.94 bits per heavy atom. The molecule has 10 heteroatoms. The molecule has 5 rings (SSSR count). The second kappa shape index (κ2) is 9.82. The monoisotopic (exact) mass is 503 g/mol. The number of thiazole rings is 1. The number of amides is 2. The van der Waals surface area contributed by atoms with Gasteiger partial charge in [-0.3, -0.25) is 9.59 Å². The summed E-state index contributed by atoms with van der Waals surface area (Å²) in [5, 5.41) is 10.0. The van der Waals surface area contributed by atoms with E-state index in [-0.39, 0.29) is 24.8 Å². The zero-order valence-corrected chi connectivity index (χ0v) is 20.9. The number of nitrogens with one attached hydrogen (secondary N) is 1. The average molecular weight is 504 g/mol. The Hall–Kier alpha value is -4.18. The van der Waals surface area contributed by atoms with Crippen LogP contribution in [0.1, 0.15) is 12.1 Å². The molecular weight excluding hydrogens is 478 g/mol. The molecule has 2 aromatic carbocycles. The predicted octanol–water partition coefficient (Wildman–Crippen LogP) is 4.31. The van der Waals surface area contributed by atoms with Crippen molar-refractivity contribution in [1.82, 2.24) is 14.8 Å². The summed E-state index contributed by atoms with van der Waals surface area (Å²) in [6.07, 6.45) is 0.119. The summed E-state index contributed by atoms with van der Waals surface area (Å²) in [7, 11) is 3.19. The van der Waals surface area contributed by atoms with Crippen molar-refractivity contribution in [2.75, 3.05) is 31.0 Å². The number of hydrogen-bond acceptors (Lipinski definition) is 7. The molecule has 9 nitrogen and oxygen atoms in total. The minimum atomic E-state index is -0.505. The van der Waals surface area contributed by atoms with Crippen LogP contribution in [0.15, 0.2) is 60.0 Å². The van der Waals surface area contributed by atoms with Gasteiger partial charge in [-0.15, -0.1) is 11.3 Å².